The van der Waals surface area contributed by atoms with E-state index in [-0.39, 0.29) is 0 Å². The van der Waals surface area contributed by atoms with Gasteiger partial charge in [-0.2, -0.15) is 0 Å². The molecule has 0 spiro atoms. The van der Waals surface area contributed by atoms with Crippen LogP contribution in [0.25, 0.3) is 42.5 Å². The van der Waals surface area contributed by atoms with Crippen LogP contribution >= 0.6 is 11.3 Å². The predicted molar refractivity (Wildman–Crippen MR) is 95.7 cm³/mol. The van der Waals surface area contributed by atoms with Crippen LogP contribution in [0.1, 0.15) is 0 Å². The number of aromatic nitrogens is 3. The molecule has 0 unspecified atom stereocenters. The van der Waals surface area contributed by atoms with E-state index >= 15 is 0 Å². The minimum Gasteiger partial charge on any atom is -0.256 e. The van der Waals surface area contributed by atoms with Crippen LogP contribution in [-0.2, 0) is 0 Å². The molecule has 23 heavy (non-hydrogen) atoms. The van der Waals surface area contributed by atoms with Crippen LogP contribution in [0.15, 0.2) is 67.1 Å². The fourth-order valence-corrected chi connectivity index (χ4v) is 4.17. The highest BCUT2D eigenvalue weighted by atomic mass is 32.1. The van der Waals surface area contributed by atoms with E-state index < -0.39 is 0 Å². The Labute approximate surface area is 136 Å². The number of para-hydroxylation sites is 1. The van der Waals surface area contributed by atoms with E-state index in [1.54, 1.807) is 11.3 Å². The standard InChI is InChI=1S/C19H11N3S/c1-4-12-5-2-9-20-16(12)13(6-1)18-19-14(8-11-22-18)17-15(23-19)7-3-10-21-17/h1-11H. The molecular weight excluding hydrogens is 302 g/mol. The van der Waals surface area contributed by atoms with Gasteiger partial charge in [-0.3, -0.25) is 15.0 Å². The molecule has 0 N–H and O–H groups in total. The van der Waals surface area contributed by atoms with Crippen molar-refractivity contribution in [3.63, 3.8) is 0 Å². The molecule has 0 saturated carbocycles. The lowest BCUT2D eigenvalue weighted by Crippen LogP contribution is -1.87. The van der Waals surface area contributed by atoms with Gasteiger partial charge in [-0.05, 0) is 24.3 Å². The highest BCUT2D eigenvalue weighted by Crippen LogP contribution is 2.39. The van der Waals surface area contributed by atoms with Crippen molar-refractivity contribution in [3.05, 3.63) is 67.1 Å². The maximum atomic E-state index is 4.67. The van der Waals surface area contributed by atoms with Crippen molar-refractivity contribution >= 4 is 42.5 Å². The third-order valence-electron chi connectivity index (χ3n) is 4.03. The molecule has 4 aromatic heterocycles. The Morgan fingerprint density at radius 1 is 0.696 bits per heavy atom. The summed E-state index contributed by atoms with van der Waals surface area (Å²) in [5, 5.41) is 2.28. The van der Waals surface area contributed by atoms with Crippen LogP contribution in [0.2, 0.25) is 0 Å². The number of thiophene rings is 1. The van der Waals surface area contributed by atoms with Crippen LogP contribution in [-0.4, -0.2) is 15.0 Å². The van der Waals surface area contributed by atoms with Crippen LogP contribution in [0.5, 0.6) is 0 Å². The molecule has 108 valence electrons. The van der Waals surface area contributed by atoms with Crippen LogP contribution in [0.4, 0.5) is 0 Å². The summed E-state index contributed by atoms with van der Waals surface area (Å²) in [6, 6.07) is 16.4. The highest BCUT2D eigenvalue weighted by molar-refractivity contribution is 7.26. The summed E-state index contributed by atoms with van der Waals surface area (Å²) in [6.07, 6.45) is 5.53. The maximum absolute atomic E-state index is 4.67. The number of hydrogen-bond donors (Lipinski definition) is 0. The molecular formula is C19H11N3S. The van der Waals surface area contributed by atoms with Crippen molar-refractivity contribution in [1.82, 2.24) is 15.0 Å². The molecule has 0 bridgehead atoms. The van der Waals surface area contributed by atoms with Gasteiger partial charge in [0, 0.05) is 34.9 Å². The van der Waals surface area contributed by atoms with Gasteiger partial charge >= 0.3 is 0 Å². The average Bonchev–Trinajstić information content (AvgIpc) is 3.00. The zero-order valence-corrected chi connectivity index (χ0v) is 12.9. The van der Waals surface area contributed by atoms with Gasteiger partial charge in [0.25, 0.3) is 0 Å². The van der Waals surface area contributed by atoms with E-state index in [9.17, 15) is 0 Å². The van der Waals surface area contributed by atoms with Crippen molar-refractivity contribution in [3.8, 4) is 11.3 Å². The normalized spacial score (nSPS) is 11.5. The number of nitrogens with zero attached hydrogens (tertiary/aromatic N) is 3. The Morgan fingerprint density at radius 3 is 2.48 bits per heavy atom. The topological polar surface area (TPSA) is 38.7 Å². The van der Waals surface area contributed by atoms with Gasteiger partial charge < -0.3 is 0 Å². The van der Waals surface area contributed by atoms with Crippen LogP contribution in [0, 0.1) is 0 Å². The maximum Gasteiger partial charge on any atom is 0.0902 e. The summed E-state index contributed by atoms with van der Waals surface area (Å²) >= 11 is 1.74. The Balaban J connectivity index is 1.93. The lowest BCUT2D eigenvalue weighted by molar-refractivity contribution is 1.35. The molecule has 4 heterocycles. The molecule has 0 radical (unpaired) electrons. The fraction of sp³-hybridized carbons (Fsp3) is 0. The predicted octanol–water partition coefficient (Wildman–Crippen LogP) is 5.06. The van der Waals surface area contributed by atoms with E-state index in [0.717, 1.165) is 33.1 Å². The monoisotopic (exact) mass is 313 g/mol. The first-order valence-corrected chi connectivity index (χ1v) is 8.20. The fourth-order valence-electron chi connectivity index (χ4n) is 3.01. The molecule has 5 rings (SSSR count). The van der Waals surface area contributed by atoms with Gasteiger partial charge in [-0.25, -0.2) is 0 Å². The first-order valence-electron chi connectivity index (χ1n) is 7.38. The second-order valence-electron chi connectivity index (χ2n) is 5.37. The Morgan fingerprint density at radius 2 is 1.52 bits per heavy atom. The molecule has 3 nitrogen and oxygen atoms in total. The zero-order chi connectivity index (χ0) is 15.2. The Hall–Kier alpha value is -2.85. The van der Waals surface area contributed by atoms with Gasteiger partial charge in [0.1, 0.15) is 0 Å². The summed E-state index contributed by atoms with van der Waals surface area (Å²) in [5.74, 6) is 0. The van der Waals surface area contributed by atoms with Gasteiger partial charge in [0.15, 0.2) is 0 Å². The summed E-state index contributed by atoms with van der Waals surface area (Å²) in [5.41, 5.74) is 4.08. The van der Waals surface area contributed by atoms with Crippen molar-refractivity contribution in [2.45, 2.75) is 0 Å². The molecule has 4 heteroatoms. The molecule has 0 atom stereocenters. The summed E-state index contributed by atoms with van der Waals surface area (Å²) in [4.78, 5) is 13.8. The van der Waals surface area contributed by atoms with Crippen molar-refractivity contribution in [2.75, 3.05) is 0 Å². The molecule has 0 aliphatic carbocycles. The SMILES string of the molecule is c1cnc2c(-c3nccc4c3sc3cccnc34)cccc2c1. The lowest BCUT2D eigenvalue weighted by Gasteiger charge is -2.06. The molecule has 0 fully saturated rings. The quantitative estimate of drug-likeness (QED) is 0.434. The number of hydrogen-bond acceptors (Lipinski definition) is 4. The summed E-state index contributed by atoms with van der Waals surface area (Å²) < 4.78 is 2.35. The smallest absolute Gasteiger partial charge is 0.0902 e. The van der Waals surface area contributed by atoms with Gasteiger partial charge in [0.2, 0.25) is 0 Å². The summed E-state index contributed by atoms with van der Waals surface area (Å²) in [7, 11) is 0. The molecule has 0 aliphatic rings. The lowest BCUT2D eigenvalue weighted by atomic mass is 10.1. The van der Waals surface area contributed by atoms with Crippen LogP contribution in [0.3, 0.4) is 0 Å². The highest BCUT2D eigenvalue weighted by Gasteiger charge is 2.14. The molecule has 5 aromatic rings. The van der Waals surface area contributed by atoms with E-state index in [4.69, 9.17) is 0 Å². The Kier molecular flexibility index (Phi) is 2.66. The number of pyridine rings is 3. The number of benzene rings is 1. The first-order chi connectivity index (χ1) is 11.4. The Bertz CT molecular complexity index is 1170. The minimum atomic E-state index is 0.981. The molecule has 0 amide bonds. The van der Waals surface area contributed by atoms with Crippen molar-refractivity contribution in [1.29, 1.82) is 0 Å². The third kappa shape index (κ3) is 1.85. The van der Waals surface area contributed by atoms with E-state index in [1.165, 1.54) is 9.40 Å². The second kappa shape index (κ2) is 4.83. The molecule has 0 aliphatic heterocycles. The van der Waals surface area contributed by atoms with Crippen LogP contribution < -0.4 is 0 Å². The second-order valence-corrected chi connectivity index (χ2v) is 6.42. The third-order valence-corrected chi connectivity index (χ3v) is 5.20. The van der Waals surface area contributed by atoms with E-state index in [2.05, 4.69) is 45.3 Å². The van der Waals surface area contributed by atoms with Crippen molar-refractivity contribution < 1.29 is 0 Å². The molecule has 0 saturated heterocycles. The number of fused-ring (bicyclic) bond motifs is 4. The van der Waals surface area contributed by atoms with Crippen molar-refractivity contribution in [2.24, 2.45) is 0 Å². The van der Waals surface area contributed by atoms with Gasteiger partial charge in [-0.15, -0.1) is 11.3 Å². The van der Waals surface area contributed by atoms with E-state index in [0.29, 0.717) is 0 Å². The molecule has 1 aromatic carbocycles. The zero-order valence-electron chi connectivity index (χ0n) is 12.1. The summed E-state index contributed by atoms with van der Waals surface area (Å²) in [6.45, 7) is 0. The largest absolute Gasteiger partial charge is 0.256 e. The van der Waals surface area contributed by atoms with Gasteiger partial charge in [-0.1, -0.05) is 24.3 Å². The van der Waals surface area contributed by atoms with Gasteiger partial charge in [0.05, 0.1) is 26.1 Å². The average molecular weight is 313 g/mol. The first kappa shape index (κ1) is 12.7. The minimum absolute atomic E-state index is 0.981. The van der Waals surface area contributed by atoms with E-state index in [1.807, 2.05) is 36.8 Å². The number of rotatable bonds is 1.